The number of aryl methyl sites for hydroxylation is 1. The van der Waals surface area contributed by atoms with Crippen molar-refractivity contribution in [3.63, 3.8) is 0 Å². The van der Waals surface area contributed by atoms with E-state index in [9.17, 15) is 4.79 Å². The first-order valence-corrected chi connectivity index (χ1v) is 7.79. The minimum Gasteiger partial charge on any atom is -0.476 e. The quantitative estimate of drug-likeness (QED) is 0.926. The summed E-state index contributed by atoms with van der Waals surface area (Å²) in [5.74, 6) is 0.373. The van der Waals surface area contributed by atoms with Gasteiger partial charge in [0.1, 0.15) is 12.5 Å². The lowest BCUT2D eigenvalue weighted by atomic mass is 9.87. The van der Waals surface area contributed by atoms with Crippen molar-refractivity contribution in [2.45, 2.75) is 31.2 Å². The zero-order valence-corrected chi connectivity index (χ0v) is 12.3. The van der Waals surface area contributed by atoms with E-state index in [1.807, 2.05) is 18.2 Å². The Morgan fingerprint density at radius 2 is 2.05 bits per heavy atom. The molecular weight excluding hydrogens is 276 g/mol. The molecule has 0 unspecified atom stereocenters. The maximum atomic E-state index is 12.7. The maximum absolute atomic E-state index is 12.7. The molecule has 4 heteroatoms. The number of hydrogen-bond acceptors (Lipinski definition) is 3. The zero-order valence-electron chi connectivity index (χ0n) is 12.3. The van der Waals surface area contributed by atoms with Crippen LogP contribution in [0.2, 0.25) is 0 Å². The zero-order chi connectivity index (χ0) is 14.9. The molecule has 112 valence electrons. The number of carbonyl (C=O) groups excluding carboxylic acids is 1. The van der Waals surface area contributed by atoms with Crippen LogP contribution in [0.25, 0.3) is 0 Å². The summed E-state index contributed by atoms with van der Waals surface area (Å²) in [6.45, 7) is 0.381. The van der Waals surface area contributed by atoms with Gasteiger partial charge in [-0.1, -0.05) is 30.3 Å². The Morgan fingerprint density at radius 1 is 1.18 bits per heavy atom. The SMILES string of the molecule is O=C(N[C@@H]1CCCc2ccccc21)[C@H]1COc2ncccc21. The standard InChI is InChI=1S/C18H18N2O2/c21-17(15-11-22-18-14(15)8-4-10-19-18)20-16-9-3-6-12-5-1-2-7-13(12)16/h1-2,4-5,7-8,10,15-16H,3,6,9,11H2,(H,20,21)/t15-,16+/m0/s1. The Bertz CT molecular complexity index is 714. The number of rotatable bonds is 2. The highest BCUT2D eigenvalue weighted by atomic mass is 16.5. The summed E-state index contributed by atoms with van der Waals surface area (Å²) >= 11 is 0. The minimum absolute atomic E-state index is 0.0356. The number of amides is 1. The lowest BCUT2D eigenvalue weighted by Gasteiger charge is -2.27. The number of nitrogens with one attached hydrogen (secondary N) is 1. The lowest BCUT2D eigenvalue weighted by molar-refractivity contribution is -0.123. The minimum atomic E-state index is -0.252. The van der Waals surface area contributed by atoms with Crippen LogP contribution in [0.1, 0.15) is 41.5 Å². The summed E-state index contributed by atoms with van der Waals surface area (Å²) in [6, 6.07) is 12.3. The van der Waals surface area contributed by atoms with Crippen molar-refractivity contribution in [2.24, 2.45) is 0 Å². The molecule has 1 aromatic heterocycles. The number of nitrogens with zero attached hydrogens (tertiary/aromatic N) is 1. The van der Waals surface area contributed by atoms with Crippen molar-refractivity contribution in [3.05, 3.63) is 59.3 Å². The summed E-state index contributed by atoms with van der Waals surface area (Å²) in [5, 5.41) is 3.21. The van der Waals surface area contributed by atoms with E-state index >= 15 is 0 Å². The molecule has 1 aromatic carbocycles. The highest BCUT2D eigenvalue weighted by Gasteiger charge is 2.33. The van der Waals surface area contributed by atoms with Gasteiger partial charge in [-0.25, -0.2) is 4.98 Å². The fourth-order valence-corrected chi connectivity index (χ4v) is 3.43. The monoisotopic (exact) mass is 294 g/mol. The highest BCUT2D eigenvalue weighted by Crippen LogP contribution is 2.34. The molecule has 2 atom stereocenters. The fraction of sp³-hybridized carbons (Fsp3) is 0.333. The summed E-state index contributed by atoms with van der Waals surface area (Å²) in [6.07, 6.45) is 4.90. The first-order chi connectivity index (χ1) is 10.8. The maximum Gasteiger partial charge on any atom is 0.231 e. The number of carbonyl (C=O) groups is 1. The third-order valence-electron chi connectivity index (χ3n) is 4.57. The molecule has 1 N–H and O–H groups in total. The molecule has 1 amide bonds. The number of fused-ring (bicyclic) bond motifs is 2. The number of hydrogen-bond donors (Lipinski definition) is 1. The molecular formula is C18H18N2O2. The van der Waals surface area contributed by atoms with E-state index in [1.165, 1.54) is 11.1 Å². The number of aromatic nitrogens is 1. The van der Waals surface area contributed by atoms with Crippen molar-refractivity contribution in [1.82, 2.24) is 10.3 Å². The summed E-state index contributed by atoms with van der Waals surface area (Å²) < 4.78 is 5.52. The van der Waals surface area contributed by atoms with Gasteiger partial charge in [0.25, 0.3) is 0 Å². The molecule has 4 nitrogen and oxygen atoms in total. The molecule has 22 heavy (non-hydrogen) atoms. The molecule has 2 heterocycles. The predicted molar refractivity (Wildman–Crippen MR) is 82.7 cm³/mol. The topological polar surface area (TPSA) is 51.2 Å². The van der Waals surface area contributed by atoms with Crippen LogP contribution in [0.15, 0.2) is 42.6 Å². The molecule has 0 saturated carbocycles. The van der Waals surface area contributed by atoms with Crippen LogP contribution in [-0.4, -0.2) is 17.5 Å². The number of ether oxygens (including phenoxy) is 1. The largest absolute Gasteiger partial charge is 0.476 e. The van der Waals surface area contributed by atoms with Crippen molar-refractivity contribution >= 4 is 5.91 Å². The molecule has 1 aliphatic carbocycles. The van der Waals surface area contributed by atoms with Crippen molar-refractivity contribution < 1.29 is 9.53 Å². The van der Waals surface area contributed by atoms with Gasteiger partial charge in [0.2, 0.25) is 11.8 Å². The highest BCUT2D eigenvalue weighted by molar-refractivity contribution is 5.85. The molecule has 0 fully saturated rings. The van der Waals surface area contributed by atoms with E-state index in [1.54, 1.807) is 6.20 Å². The van der Waals surface area contributed by atoms with Gasteiger partial charge in [0.05, 0.1) is 6.04 Å². The predicted octanol–water partition coefficient (Wildman–Crippen LogP) is 2.75. The Labute approximate surface area is 129 Å². The average molecular weight is 294 g/mol. The summed E-state index contributed by atoms with van der Waals surface area (Å²) in [7, 11) is 0. The van der Waals surface area contributed by atoms with Gasteiger partial charge < -0.3 is 10.1 Å². The van der Waals surface area contributed by atoms with Gasteiger partial charge in [-0.2, -0.15) is 0 Å². The second-order valence-corrected chi connectivity index (χ2v) is 5.91. The van der Waals surface area contributed by atoms with Crippen LogP contribution < -0.4 is 10.1 Å². The van der Waals surface area contributed by atoms with Crippen LogP contribution in [0, 0.1) is 0 Å². The fourth-order valence-electron chi connectivity index (χ4n) is 3.43. The molecule has 0 spiro atoms. The molecule has 2 aliphatic rings. The van der Waals surface area contributed by atoms with Crippen LogP contribution in [0.3, 0.4) is 0 Å². The van der Waals surface area contributed by atoms with E-state index in [0.29, 0.717) is 12.5 Å². The van der Waals surface area contributed by atoms with Gasteiger partial charge in [0, 0.05) is 11.8 Å². The smallest absolute Gasteiger partial charge is 0.231 e. The lowest BCUT2D eigenvalue weighted by Crippen LogP contribution is -2.35. The summed E-state index contributed by atoms with van der Waals surface area (Å²) in [5.41, 5.74) is 3.50. The Hall–Kier alpha value is -2.36. The van der Waals surface area contributed by atoms with Crippen molar-refractivity contribution in [3.8, 4) is 5.88 Å². The molecule has 2 aromatic rings. The number of benzene rings is 1. The van der Waals surface area contributed by atoms with E-state index in [-0.39, 0.29) is 17.9 Å². The molecule has 0 saturated heterocycles. The third-order valence-corrected chi connectivity index (χ3v) is 4.57. The molecule has 0 radical (unpaired) electrons. The van der Waals surface area contributed by atoms with Crippen molar-refractivity contribution in [2.75, 3.05) is 6.61 Å². The third kappa shape index (κ3) is 2.25. The van der Waals surface area contributed by atoms with Crippen LogP contribution in [0.4, 0.5) is 0 Å². The first-order valence-electron chi connectivity index (χ1n) is 7.79. The van der Waals surface area contributed by atoms with Crippen LogP contribution >= 0.6 is 0 Å². The molecule has 1 aliphatic heterocycles. The van der Waals surface area contributed by atoms with E-state index < -0.39 is 0 Å². The first kappa shape index (κ1) is 13.3. The van der Waals surface area contributed by atoms with E-state index in [0.717, 1.165) is 24.8 Å². The van der Waals surface area contributed by atoms with Crippen LogP contribution in [-0.2, 0) is 11.2 Å². The van der Waals surface area contributed by atoms with Gasteiger partial charge in [0.15, 0.2) is 0 Å². The van der Waals surface area contributed by atoms with Gasteiger partial charge in [-0.3, -0.25) is 4.79 Å². The second kappa shape index (κ2) is 5.44. The van der Waals surface area contributed by atoms with Gasteiger partial charge in [-0.05, 0) is 36.5 Å². The second-order valence-electron chi connectivity index (χ2n) is 5.91. The molecule has 4 rings (SSSR count). The number of pyridine rings is 1. The Morgan fingerprint density at radius 3 is 3.00 bits per heavy atom. The van der Waals surface area contributed by atoms with Gasteiger partial charge >= 0.3 is 0 Å². The van der Waals surface area contributed by atoms with E-state index in [2.05, 4.69) is 28.5 Å². The van der Waals surface area contributed by atoms with Crippen LogP contribution in [0.5, 0.6) is 5.88 Å². The Balaban J connectivity index is 1.54. The molecule has 0 bridgehead atoms. The Kier molecular flexibility index (Phi) is 3.29. The average Bonchev–Trinajstić information content (AvgIpc) is 2.99. The van der Waals surface area contributed by atoms with Gasteiger partial charge in [-0.15, -0.1) is 0 Å². The van der Waals surface area contributed by atoms with E-state index in [4.69, 9.17) is 4.74 Å². The summed E-state index contributed by atoms with van der Waals surface area (Å²) in [4.78, 5) is 16.8. The van der Waals surface area contributed by atoms with Crippen molar-refractivity contribution in [1.29, 1.82) is 0 Å². The normalized spacial score (nSPS) is 22.4.